The molecule has 1 amide bonds. The van der Waals surface area contributed by atoms with E-state index < -0.39 is 6.35 Å². The third-order valence-electron chi connectivity index (χ3n) is 7.53. The summed E-state index contributed by atoms with van der Waals surface area (Å²) in [5, 5.41) is 18.3. The molecule has 1 aromatic rings. The molecule has 1 saturated carbocycles. The van der Waals surface area contributed by atoms with Crippen molar-refractivity contribution in [2.24, 2.45) is 28.8 Å². The molecule has 182 valence electrons. The van der Waals surface area contributed by atoms with E-state index in [9.17, 15) is 9.90 Å². The van der Waals surface area contributed by atoms with Gasteiger partial charge in [-0.15, -0.1) is 0 Å². The number of rotatable bonds is 4. The smallest absolute Gasteiger partial charge is 0.269 e. The van der Waals surface area contributed by atoms with Gasteiger partial charge >= 0.3 is 0 Å². The number of dihydropyridines is 1. The van der Waals surface area contributed by atoms with E-state index in [0.717, 1.165) is 43.8 Å². The SMILES string of the molecule is CN1C2=NC(C3CCC(C)(C)C(NC(=O)c4ccnn4C)C3)CC=C2N(CC(C)(C)C)C1O. The van der Waals surface area contributed by atoms with Crippen LogP contribution in [0.4, 0.5) is 0 Å². The van der Waals surface area contributed by atoms with Crippen molar-refractivity contribution >= 4 is 11.7 Å². The zero-order valence-electron chi connectivity index (χ0n) is 21.2. The van der Waals surface area contributed by atoms with Gasteiger partial charge < -0.3 is 20.2 Å². The van der Waals surface area contributed by atoms with E-state index >= 15 is 0 Å². The first kappa shape index (κ1) is 23.8. The number of hydrogen-bond acceptors (Lipinski definition) is 6. The number of aryl methyl sites for hydroxylation is 1. The standard InChI is InChI=1S/C25H40N6O2/c1-24(2,3)15-31-18-9-8-17(27-21(18)29(6)23(31)33)16-10-12-25(4,5)20(14-16)28-22(32)19-11-13-26-30(19)7/h9,11,13,16-17,20,23,33H,8,10,12,14-15H2,1-7H3,(H,28,32). The second kappa shape index (κ2) is 8.46. The molecule has 1 aromatic heterocycles. The molecule has 4 atom stereocenters. The third kappa shape index (κ3) is 4.67. The van der Waals surface area contributed by atoms with Crippen molar-refractivity contribution in [3.05, 3.63) is 29.7 Å². The van der Waals surface area contributed by atoms with Gasteiger partial charge in [-0.1, -0.05) is 40.7 Å². The maximum atomic E-state index is 12.9. The number of nitrogens with one attached hydrogen (secondary N) is 1. The lowest BCUT2D eigenvalue weighted by atomic mass is 9.67. The van der Waals surface area contributed by atoms with E-state index in [4.69, 9.17) is 4.99 Å². The molecule has 4 unspecified atom stereocenters. The van der Waals surface area contributed by atoms with Gasteiger partial charge in [0, 0.05) is 32.9 Å². The van der Waals surface area contributed by atoms with Gasteiger partial charge in [-0.25, -0.2) is 0 Å². The van der Waals surface area contributed by atoms with Crippen molar-refractivity contribution < 1.29 is 9.90 Å². The van der Waals surface area contributed by atoms with Gasteiger partial charge in [0.2, 0.25) is 6.35 Å². The van der Waals surface area contributed by atoms with E-state index in [0.29, 0.717) is 11.6 Å². The first-order chi connectivity index (χ1) is 15.4. The van der Waals surface area contributed by atoms with Crippen molar-refractivity contribution in [1.82, 2.24) is 24.9 Å². The molecule has 2 aliphatic heterocycles. The average Bonchev–Trinajstić information content (AvgIpc) is 3.25. The molecule has 2 N–H and O–H groups in total. The number of hydrogen-bond donors (Lipinski definition) is 2. The van der Waals surface area contributed by atoms with Crippen LogP contribution in [0.5, 0.6) is 0 Å². The van der Waals surface area contributed by atoms with Crippen LogP contribution < -0.4 is 5.32 Å². The quantitative estimate of drug-likeness (QED) is 0.728. The zero-order chi connectivity index (χ0) is 24.1. The Balaban J connectivity index is 1.49. The van der Waals surface area contributed by atoms with Gasteiger partial charge in [-0.3, -0.25) is 14.5 Å². The van der Waals surface area contributed by atoms with Crippen LogP contribution in [0.2, 0.25) is 0 Å². The average molecular weight is 457 g/mol. The van der Waals surface area contributed by atoms with Crippen LogP contribution in [-0.4, -0.2) is 68.5 Å². The Hall–Kier alpha value is -2.35. The Kier molecular flexibility index (Phi) is 6.10. The number of fused-ring (bicyclic) bond motifs is 1. The number of likely N-dealkylation sites (N-methyl/N-ethyl adjacent to an activating group) is 1. The van der Waals surface area contributed by atoms with Gasteiger partial charge in [0.1, 0.15) is 5.69 Å². The van der Waals surface area contributed by atoms with Crippen LogP contribution in [0.1, 0.15) is 70.8 Å². The third-order valence-corrected chi connectivity index (χ3v) is 7.53. The highest BCUT2D eigenvalue weighted by Crippen LogP contribution is 2.42. The summed E-state index contributed by atoms with van der Waals surface area (Å²) in [6.45, 7) is 11.8. The summed E-state index contributed by atoms with van der Waals surface area (Å²) in [6, 6.07) is 2.00. The molecular formula is C25H40N6O2. The number of aliphatic hydroxyl groups excluding tert-OH is 1. The summed E-state index contributed by atoms with van der Waals surface area (Å²) < 4.78 is 1.62. The Labute approximate surface area is 197 Å². The first-order valence-electron chi connectivity index (χ1n) is 12.1. The lowest BCUT2D eigenvalue weighted by Gasteiger charge is -2.44. The number of aliphatic imine (C=N–C) groups is 1. The second-order valence-electron chi connectivity index (χ2n) is 11.9. The summed E-state index contributed by atoms with van der Waals surface area (Å²) in [7, 11) is 3.71. The fraction of sp³-hybridized carbons (Fsp3) is 0.720. The molecule has 8 nitrogen and oxygen atoms in total. The molecule has 1 aliphatic carbocycles. The van der Waals surface area contributed by atoms with Gasteiger partial charge in [0.05, 0.1) is 11.7 Å². The first-order valence-corrected chi connectivity index (χ1v) is 12.1. The number of aliphatic hydroxyl groups is 1. The fourth-order valence-electron chi connectivity index (χ4n) is 5.44. The molecule has 3 aliphatic rings. The zero-order valence-corrected chi connectivity index (χ0v) is 21.2. The van der Waals surface area contributed by atoms with Crippen molar-refractivity contribution in [2.45, 2.75) is 78.7 Å². The van der Waals surface area contributed by atoms with Crippen LogP contribution in [0.25, 0.3) is 0 Å². The lowest BCUT2D eigenvalue weighted by Crippen LogP contribution is -2.50. The summed E-state index contributed by atoms with van der Waals surface area (Å²) >= 11 is 0. The Morgan fingerprint density at radius 1 is 1.30 bits per heavy atom. The number of amidine groups is 1. The normalized spacial score (nSPS) is 29.5. The van der Waals surface area contributed by atoms with Gasteiger partial charge in [-0.05, 0) is 48.5 Å². The van der Waals surface area contributed by atoms with Gasteiger partial charge in [0.15, 0.2) is 5.84 Å². The highest BCUT2D eigenvalue weighted by atomic mass is 16.3. The van der Waals surface area contributed by atoms with E-state index in [2.05, 4.69) is 56.0 Å². The van der Waals surface area contributed by atoms with Crippen molar-refractivity contribution in [3.63, 3.8) is 0 Å². The van der Waals surface area contributed by atoms with Crippen LogP contribution in [0.3, 0.4) is 0 Å². The van der Waals surface area contributed by atoms with E-state index in [1.807, 2.05) is 11.9 Å². The van der Waals surface area contributed by atoms with E-state index in [-0.39, 0.29) is 28.8 Å². The van der Waals surface area contributed by atoms with Crippen LogP contribution >= 0.6 is 0 Å². The molecule has 0 spiro atoms. The topological polar surface area (TPSA) is 86.0 Å². The highest BCUT2D eigenvalue weighted by molar-refractivity contribution is 6.00. The molecule has 3 heterocycles. The van der Waals surface area contributed by atoms with E-state index in [1.54, 1.807) is 24.0 Å². The van der Waals surface area contributed by atoms with Crippen LogP contribution in [0, 0.1) is 16.7 Å². The van der Waals surface area contributed by atoms with Crippen LogP contribution in [0.15, 0.2) is 29.0 Å². The van der Waals surface area contributed by atoms with Crippen molar-refractivity contribution in [1.29, 1.82) is 0 Å². The summed E-state index contributed by atoms with van der Waals surface area (Å²) in [5.74, 6) is 1.22. The highest BCUT2D eigenvalue weighted by Gasteiger charge is 2.44. The minimum absolute atomic E-state index is 0.0252. The lowest BCUT2D eigenvalue weighted by molar-refractivity contribution is -0.0394. The number of amides is 1. The van der Waals surface area contributed by atoms with E-state index in [1.165, 1.54) is 0 Å². The fourth-order valence-corrected chi connectivity index (χ4v) is 5.44. The molecule has 0 aromatic carbocycles. The minimum atomic E-state index is -0.677. The maximum absolute atomic E-state index is 12.9. The number of carbonyl (C=O) groups excluding carboxylic acids is 1. The summed E-state index contributed by atoms with van der Waals surface area (Å²) in [5.41, 5.74) is 1.73. The molecule has 2 fully saturated rings. The molecule has 1 saturated heterocycles. The van der Waals surface area contributed by atoms with Crippen molar-refractivity contribution in [2.75, 3.05) is 13.6 Å². The predicted octanol–water partition coefficient (Wildman–Crippen LogP) is 2.97. The molecule has 33 heavy (non-hydrogen) atoms. The molecule has 0 radical (unpaired) electrons. The summed E-state index contributed by atoms with van der Waals surface area (Å²) in [6.07, 6.45) is 7.14. The maximum Gasteiger partial charge on any atom is 0.269 e. The Bertz CT molecular complexity index is 956. The molecular weight excluding hydrogens is 416 g/mol. The van der Waals surface area contributed by atoms with Gasteiger partial charge in [0.25, 0.3) is 5.91 Å². The van der Waals surface area contributed by atoms with Crippen molar-refractivity contribution in [3.8, 4) is 0 Å². The number of aromatic nitrogens is 2. The largest absolute Gasteiger partial charge is 0.356 e. The minimum Gasteiger partial charge on any atom is -0.356 e. The number of nitrogens with zero attached hydrogens (tertiary/aromatic N) is 5. The molecule has 8 heteroatoms. The predicted molar refractivity (Wildman–Crippen MR) is 129 cm³/mol. The Morgan fingerprint density at radius 3 is 2.67 bits per heavy atom. The monoisotopic (exact) mass is 456 g/mol. The Morgan fingerprint density at radius 2 is 2.03 bits per heavy atom. The molecule has 4 rings (SSSR count). The number of carbonyl (C=O) groups is 1. The second-order valence-corrected chi connectivity index (χ2v) is 11.9. The molecule has 0 bridgehead atoms. The van der Waals surface area contributed by atoms with Gasteiger partial charge in [-0.2, -0.15) is 5.10 Å². The van der Waals surface area contributed by atoms with Crippen LogP contribution in [-0.2, 0) is 7.05 Å². The summed E-state index contributed by atoms with van der Waals surface area (Å²) in [4.78, 5) is 22.0.